The second-order valence-electron chi connectivity index (χ2n) is 7.79. The monoisotopic (exact) mass is 434 g/mol. The summed E-state index contributed by atoms with van der Waals surface area (Å²) in [7, 11) is -7.00. The Morgan fingerprint density at radius 1 is 0.862 bits per heavy atom. The van der Waals surface area contributed by atoms with Crippen LogP contribution in [0.4, 0.5) is 5.69 Å². The molecule has 0 amide bonds. The maximum absolute atomic E-state index is 12.9. The lowest BCUT2D eigenvalue weighted by atomic mass is 10.0. The van der Waals surface area contributed by atoms with E-state index in [4.69, 9.17) is 0 Å². The Balaban J connectivity index is 1.54. The number of fused-ring (bicyclic) bond motifs is 1. The van der Waals surface area contributed by atoms with E-state index < -0.39 is 20.0 Å². The zero-order valence-electron chi connectivity index (χ0n) is 16.2. The van der Waals surface area contributed by atoms with Gasteiger partial charge in [0.1, 0.15) is 0 Å². The maximum atomic E-state index is 12.9. The van der Waals surface area contributed by atoms with E-state index in [1.807, 2.05) is 6.07 Å². The van der Waals surface area contributed by atoms with Crippen LogP contribution in [0.5, 0.6) is 0 Å². The van der Waals surface area contributed by atoms with Gasteiger partial charge in [-0.05, 0) is 54.7 Å². The van der Waals surface area contributed by atoms with Gasteiger partial charge in [0, 0.05) is 18.8 Å². The van der Waals surface area contributed by atoms with Crippen molar-refractivity contribution in [1.82, 2.24) is 4.31 Å². The summed E-state index contributed by atoms with van der Waals surface area (Å²) < 4.78 is 55.5. The minimum absolute atomic E-state index is 0.242. The highest BCUT2D eigenvalue weighted by Gasteiger charge is 2.30. The van der Waals surface area contributed by atoms with Crippen LogP contribution in [-0.4, -0.2) is 32.9 Å². The fourth-order valence-electron chi connectivity index (χ4n) is 4.16. The van der Waals surface area contributed by atoms with Crippen LogP contribution in [0.15, 0.2) is 53.4 Å². The van der Waals surface area contributed by atoms with Crippen LogP contribution >= 0.6 is 0 Å². The Bertz CT molecular complexity index is 1080. The highest BCUT2D eigenvalue weighted by molar-refractivity contribution is 7.93. The van der Waals surface area contributed by atoms with Gasteiger partial charge in [-0.2, -0.15) is 4.31 Å². The third kappa shape index (κ3) is 4.34. The lowest BCUT2D eigenvalue weighted by Crippen LogP contribution is -2.36. The average Bonchev–Trinajstić information content (AvgIpc) is 2.74. The first kappa shape index (κ1) is 20.4. The summed E-state index contributed by atoms with van der Waals surface area (Å²) in [6, 6.07) is 13.9. The van der Waals surface area contributed by atoms with E-state index in [0.717, 1.165) is 30.4 Å². The smallest absolute Gasteiger partial charge is 0.243 e. The van der Waals surface area contributed by atoms with Crippen LogP contribution in [0.1, 0.15) is 43.2 Å². The molecule has 8 heteroatoms. The van der Waals surface area contributed by atoms with Crippen LogP contribution in [0, 0.1) is 0 Å². The van der Waals surface area contributed by atoms with Crippen molar-refractivity contribution < 1.29 is 16.8 Å². The van der Waals surface area contributed by atoms with E-state index in [-0.39, 0.29) is 16.7 Å². The summed E-state index contributed by atoms with van der Waals surface area (Å²) in [4.78, 5) is 0.276. The van der Waals surface area contributed by atoms with E-state index in [0.29, 0.717) is 31.5 Å². The first-order chi connectivity index (χ1) is 13.9. The molecule has 0 spiro atoms. The molecule has 1 aliphatic heterocycles. The van der Waals surface area contributed by atoms with E-state index in [9.17, 15) is 16.8 Å². The van der Waals surface area contributed by atoms with E-state index in [2.05, 4.69) is 4.72 Å². The van der Waals surface area contributed by atoms with Crippen molar-refractivity contribution in [3.8, 4) is 0 Å². The minimum Gasteiger partial charge on any atom is -0.283 e. The Morgan fingerprint density at radius 2 is 1.59 bits per heavy atom. The van der Waals surface area contributed by atoms with Gasteiger partial charge in [-0.1, -0.05) is 43.5 Å². The van der Waals surface area contributed by atoms with Crippen molar-refractivity contribution in [3.05, 3.63) is 59.7 Å². The van der Waals surface area contributed by atoms with Crippen LogP contribution in [0.25, 0.3) is 0 Å². The molecule has 1 saturated carbocycles. The molecule has 0 saturated heterocycles. The number of sulfonamides is 2. The van der Waals surface area contributed by atoms with Gasteiger partial charge in [0.05, 0.1) is 10.1 Å². The number of nitrogens with zero attached hydrogens (tertiary/aromatic N) is 1. The molecule has 1 aliphatic carbocycles. The summed E-state index contributed by atoms with van der Waals surface area (Å²) in [6.07, 6.45) is 4.99. The van der Waals surface area contributed by atoms with Gasteiger partial charge in [0.2, 0.25) is 20.0 Å². The second kappa shape index (κ2) is 8.08. The molecule has 1 N–H and O–H groups in total. The summed E-state index contributed by atoms with van der Waals surface area (Å²) in [5, 5.41) is -0.345. The molecule has 0 radical (unpaired) electrons. The standard InChI is InChI=1S/C21H26N2O4S2/c24-28(25,20-7-3-1-4-8-20)22-19-12-11-17-13-14-23(16-18(17)15-19)29(26,27)21-9-5-2-6-10-21/h2,5-6,9-12,15,20,22H,1,3-4,7-8,13-14,16H2. The lowest BCUT2D eigenvalue weighted by Gasteiger charge is -2.29. The van der Waals surface area contributed by atoms with Gasteiger partial charge in [0.15, 0.2) is 0 Å². The largest absolute Gasteiger partial charge is 0.283 e. The van der Waals surface area contributed by atoms with Gasteiger partial charge in [-0.3, -0.25) is 4.72 Å². The molecule has 2 aromatic rings. The molecule has 0 bridgehead atoms. The van der Waals surface area contributed by atoms with Crippen LogP contribution < -0.4 is 4.72 Å². The summed E-state index contributed by atoms with van der Waals surface area (Å²) in [6.45, 7) is 0.656. The third-order valence-corrected chi connectivity index (χ3v) is 9.54. The van der Waals surface area contributed by atoms with Gasteiger partial charge in [-0.15, -0.1) is 0 Å². The molecular weight excluding hydrogens is 408 g/mol. The fraction of sp³-hybridized carbons (Fsp3) is 0.429. The zero-order chi connectivity index (χ0) is 20.5. The predicted molar refractivity (Wildman–Crippen MR) is 114 cm³/mol. The maximum Gasteiger partial charge on any atom is 0.243 e. The van der Waals surface area contributed by atoms with Gasteiger partial charge < -0.3 is 0 Å². The number of nitrogens with one attached hydrogen (secondary N) is 1. The van der Waals surface area contributed by atoms with Crippen molar-refractivity contribution in [2.45, 2.75) is 55.2 Å². The first-order valence-corrected chi connectivity index (χ1v) is 13.0. The SMILES string of the molecule is O=S(=O)(Nc1ccc2c(c1)CN(S(=O)(=O)c1ccccc1)CC2)C1CCCCC1. The van der Waals surface area contributed by atoms with Crippen molar-refractivity contribution >= 4 is 25.7 Å². The number of rotatable bonds is 5. The third-order valence-electron chi connectivity index (χ3n) is 5.82. The molecular formula is C21H26N2O4S2. The van der Waals surface area contributed by atoms with Gasteiger partial charge in [-0.25, -0.2) is 16.8 Å². The molecule has 2 aromatic carbocycles. The average molecular weight is 435 g/mol. The molecule has 6 nitrogen and oxygen atoms in total. The van der Waals surface area contributed by atoms with Crippen LogP contribution in [0.3, 0.4) is 0 Å². The highest BCUT2D eigenvalue weighted by atomic mass is 32.2. The normalized spacial score (nSPS) is 18.9. The molecule has 156 valence electrons. The molecule has 4 rings (SSSR count). The van der Waals surface area contributed by atoms with Crippen molar-refractivity contribution in [2.24, 2.45) is 0 Å². The number of hydrogen-bond donors (Lipinski definition) is 1. The summed E-state index contributed by atoms with van der Waals surface area (Å²) >= 11 is 0. The van der Waals surface area contributed by atoms with Gasteiger partial charge >= 0.3 is 0 Å². The molecule has 0 unspecified atom stereocenters. The highest BCUT2D eigenvalue weighted by Crippen LogP contribution is 2.29. The van der Waals surface area contributed by atoms with Crippen molar-refractivity contribution in [2.75, 3.05) is 11.3 Å². The Hall–Kier alpha value is -1.90. The fourth-order valence-corrected chi connectivity index (χ4v) is 7.18. The first-order valence-electron chi connectivity index (χ1n) is 10.0. The topological polar surface area (TPSA) is 83.6 Å². The quantitative estimate of drug-likeness (QED) is 0.781. The molecule has 29 heavy (non-hydrogen) atoms. The number of benzene rings is 2. The van der Waals surface area contributed by atoms with E-state index >= 15 is 0 Å². The second-order valence-corrected chi connectivity index (χ2v) is 11.7. The zero-order valence-corrected chi connectivity index (χ0v) is 17.9. The lowest BCUT2D eigenvalue weighted by molar-refractivity contribution is 0.391. The van der Waals surface area contributed by atoms with E-state index in [1.54, 1.807) is 42.5 Å². The minimum atomic E-state index is -3.58. The molecule has 0 atom stereocenters. The molecule has 2 aliphatic rings. The molecule has 1 heterocycles. The Morgan fingerprint density at radius 3 is 2.31 bits per heavy atom. The molecule has 1 fully saturated rings. The van der Waals surface area contributed by atoms with Crippen molar-refractivity contribution in [3.63, 3.8) is 0 Å². The Labute approximate surface area is 173 Å². The van der Waals surface area contributed by atoms with Crippen LogP contribution in [0.2, 0.25) is 0 Å². The van der Waals surface area contributed by atoms with E-state index in [1.165, 1.54) is 4.31 Å². The van der Waals surface area contributed by atoms with Gasteiger partial charge in [0.25, 0.3) is 0 Å². The van der Waals surface area contributed by atoms with Crippen molar-refractivity contribution in [1.29, 1.82) is 0 Å². The summed E-state index contributed by atoms with van der Waals surface area (Å²) in [5.41, 5.74) is 2.41. The molecule has 0 aromatic heterocycles. The Kier molecular flexibility index (Phi) is 5.68. The predicted octanol–water partition coefficient (Wildman–Crippen LogP) is 3.51. The number of anilines is 1. The number of hydrogen-bond acceptors (Lipinski definition) is 4. The van der Waals surface area contributed by atoms with Crippen LogP contribution in [-0.2, 0) is 33.0 Å². The summed E-state index contributed by atoms with van der Waals surface area (Å²) in [5.74, 6) is 0.